The maximum absolute atomic E-state index is 5.21. The molecule has 0 aliphatic rings. The van der Waals surface area contributed by atoms with Crippen molar-refractivity contribution >= 4 is 10.9 Å². The fourth-order valence-electron chi connectivity index (χ4n) is 1.86. The molecule has 0 radical (unpaired) electrons. The summed E-state index contributed by atoms with van der Waals surface area (Å²) in [5, 5.41) is 4.39. The molecule has 1 heterocycles. The van der Waals surface area contributed by atoms with Crippen LogP contribution >= 0.6 is 0 Å². The second-order valence-corrected chi connectivity index (χ2v) is 3.65. The van der Waals surface area contributed by atoms with Crippen LogP contribution in [0.2, 0.25) is 0 Å². The number of methoxy groups -OCH3 is 1. The Bertz CT molecular complexity index is 474. The van der Waals surface area contributed by atoms with Gasteiger partial charge in [-0.25, -0.2) is 0 Å². The summed E-state index contributed by atoms with van der Waals surface area (Å²) >= 11 is 0. The summed E-state index contributed by atoms with van der Waals surface area (Å²) in [4.78, 5) is 0. The lowest BCUT2D eigenvalue weighted by Crippen LogP contribution is -2.08. The highest BCUT2D eigenvalue weighted by molar-refractivity contribution is 5.82. The highest BCUT2D eigenvalue weighted by atomic mass is 16.5. The van der Waals surface area contributed by atoms with Crippen molar-refractivity contribution in [2.75, 3.05) is 14.2 Å². The van der Waals surface area contributed by atoms with E-state index in [-0.39, 0.29) is 0 Å². The number of aryl methyl sites for hydroxylation is 1. The number of fused-ring (bicyclic) bond motifs is 1. The first-order valence-corrected chi connectivity index (χ1v) is 5.03. The van der Waals surface area contributed by atoms with Crippen LogP contribution in [0.3, 0.4) is 0 Å². The molecule has 0 aliphatic carbocycles. The van der Waals surface area contributed by atoms with Crippen molar-refractivity contribution in [1.29, 1.82) is 0 Å². The van der Waals surface area contributed by atoms with Crippen LogP contribution in [0, 0.1) is 0 Å². The summed E-state index contributed by atoms with van der Waals surface area (Å²) in [5.74, 6) is 0.907. The Morgan fingerprint density at radius 3 is 2.80 bits per heavy atom. The largest absolute Gasteiger partial charge is 0.497 e. The van der Waals surface area contributed by atoms with E-state index < -0.39 is 0 Å². The number of hydrogen-bond acceptors (Lipinski definition) is 2. The topological polar surface area (TPSA) is 26.2 Å². The first-order valence-electron chi connectivity index (χ1n) is 5.03. The molecule has 80 valence electrons. The zero-order valence-corrected chi connectivity index (χ0v) is 9.37. The van der Waals surface area contributed by atoms with Gasteiger partial charge < -0.3 is 14.6 Å². The molecule has 0 unspecified atom stereocenters. The van der Waals surface area contributed by atoms with E-state index in [2.05, 4.69) is 35.1 Å². The summed E-state index contributed by atoms with van der Waals surface area (Å²) in [6.07, 6.45) is 0. The van der Waals surface area contributed by atoms with Crippen molar-refractivity contribution in [3.05, 3.63) is 30.0 Å². The Labute approximate surface area is 89.7 Å². The van der Waals surface area contributed by atoms with Crippen LogP contribution in [0.25, 0.3) is 10.9 Å². The molecule has 0 aliphatic heterocycles. The predicted octanol–water partition coefficient (Wildman–Crippen LogP) is 1.91. The molecule has 1 aromatic carbocycles. The summed E-state index contributed by atoms with van der Waals surface area (Å²) in [5.41, 5.74) is 2.52. The SMILES string of the molecule is CNCc1cc2cc(OC)ccc2n1C. The number of hydrogen-bond donors (Lipinski definition) is 1. The van der Waals surface area contributed by atoms with Gasteiger partial charge in [0.2, 0.25) is 0 Å². The number of benzene rings is 1. The van der Waals surface area contributed by atoms with E-state index in [1.807, 2.05) is 13.1 Å². The zero-order valence-electron chi connectivity index (χ0n) is 9.37. The normalized spacial score (nSPS) is 10.9. The molecule has 0 spiro atoms. The summed E-state index contributed by atoms with van der Waals surface area (Å²) in [7, 11) is 5.73. The lowest BCUT2D eigenvalue weighted by molar-refractivity contribution is 0.415. The molecule has 3 heteroatoms. The van der Waals surface area contributed by atoms with Crippen LogP contribution in [0.4, 0.5) is 0 Å². The van der Waals surface area contributed by atoms with Crippen molar-refractivity contribution in [3.63, 3.8) is 0 Å². The molecular formula is C12H16N2O. The van der Waals surface area contributed by atoms with Gasteiger partial charge in [-0.15, -0.1) is 0 Å². The molecule has 2 rings (SSSR count). The van der Waals surface area contributed by atoms with Gasteiger partial charge in [-0.2, -0.15) is 0 Å². The van der Waals surface area contributed by atoms with Crippen LogP contribution in [0.5, 0.6) is 5.75 Å². The number of nitrogens with one attached hydrogen (secondary N) is 1. The Morgan fingerprint density at radius 1 is 1.33 bits per heavy atom. The van der Waals surface area contributed by atoms with Gasteiger partial charge >= 0.3 is 0 Å². The molecule has 0 fully saturated rings. The number of nitrogens with zero attached hydrogens (tertiary/aromatic N) is 1. The average molecular weight is 204 g/mol. The van der Waals surface area contributed by atoms with E-state index in [9.17, 15) is 0 Å². The maximum atomic E-state index is 5.21. The molecular weight excluding hydrogens is 188 g/mol. The van der Waals surface area contributed by atoms with Gasteiger partial charge in [-0.1, -0.05) is 0 Å². The predicted molar refractivity (Wildman–Crippen MR) is 62.2 cm³/mol. The van der Waals surface area contributed by atoms with E-state index in [0.717, 1.165) is 12.3 Å². The van der Waals surface area contributed by atoms with Gasteiger partial charge in [-0.05, 0) is 31.3 Å². The fourth-order valence-corrected chi connectivity index (χ4v) is 1.86. The first kappa shape index (κ1) is 10.1. The number of rotatable bonds is 3. The van der Waals surface area contributed by atoms with Crippen LogP contribution in [0.15, 0.2) is 24.3 Å². The standard InChI is InChI=1S/C12H16N2O/c1-13-8-10-6-9-7-11(15-3)4-5-12(9)14(10)2/h4-7,13H,8H2,1-3H3. The highest BCUT2D eigenvalue weighted by Crippen LogP contribution is 2.23. The van der Waals surface area contributed by atoms with Crippen molar-refractivity contribution in [2.24, 2.45) is 7.05 Å². The number of aromatic nitrogens is 1. The molecule has 0 atom stereocenters. The Hall–Kier alpha value is -1.48. The minimum atomic E-state index is 0.882. The Kier molecular flexibility index (Phi) is 2.64. The van der Waals surface area contributed by atoms with Crippen LogP contribution < -0.4 is 10.1 Å². The third-order valence-corrected chi connectivity index (χ3v) is 2.71. The summed E-state index contributed by atoms with van der Waals surface area (Å²) in [6, 6.07) is 8.33. The molecule has 1 N–H and O–H groups in total. The molecule has 1 aromatic heterocycles. The minimum Gasteiger partial charge on any atom is -0.497 e. The summed E-state index contributed by atoms with van der Waals surface area (Å²) in [6.45, 7) is 0.882. The lowest BCUT2D eigenvalue weighted by Gasteiger charge is -2.03. The smallest absolute Gasteiger partial charge is 0.119 e. The average Bonchev–Trinajstić information content (AvgIpc) is 2.56. The molecule has 0 amide bonds. The first-order chi connectivity index (χ1) is 7.26. The fraction of sp³-hybridized carbons (Fsp3) is 0.333. The maximum Gasteiger partial charge on any atom is 0.119 e. The Balaban J connectivity index is 2.55. The van der Waals surface area contributed by atoms with Gasteiger partial charge in [0, 0.05) is 30.2 Å². The van der Waals surface area contributed by atoms with Crippen molar-refractivity contribution < 1.29 is 4.74 Å². The van der Waals surface area contributed by atoms with Crippen molar-refractivity contribution in [3.8, 4) is 5.75 Å². The van der Waals surface area contributed by atoms with E-state index in [0.29, 0.717) is 0 Å². The molecule has 0 bridgehead atoms. The van der Waals surface area contributed by atoms with Gasteiger partial charge in [0.25, 0.3) is 0 Å². The molecule has 15 heavy (non-hydrogen) atoms. The van der Waals surface area contributed by atoms with Crippen molar-refractivity contribution in [2.45, 2.75) is 6.54 Å². The van der Waals surface area contributed by atoms with Gasteiger partial charge in [0.1, 0.15) is 5.75 Å². The van der Waals surface area contributed by atoms with E-state index in [1.165, 1.54) is 16.6 Å². The zero-order chi connectivity index (χ0) is 10.8. The van der Waals surface area contributed by atoms with E-state index >= 15 is 0 Å². The second-order valence-electron chi connectivity index (χ2n) is 3.65. The Morgan fingerprint density at radius 2 is 2.13 bits per heavy atom. The summed E-state index contributed by atoms with van der Waals surface area (Å²) < 4.78 is 7.41. The van der Waals surface area contributed by atoms with Crippen LogP contribution in [-0.2, 0) is 13.6 Å². The van der Waals surface area contributed by atoms with Gasteiger partial charge in [0.15, 0.2) is 0 Å². The molecule has 0 saturated heterocycles. The van der Waals surface area contributed by atoms with E-state index in [4.69, 9.17) is 4.74 Å². The molecule has 0 saturated carbocycles. The number of ether oxygens (including phenoxy) is 1. The minimum absolute atomic E-state index is 0.882. The third-order valence-electron chi connectivity index (χ3n) is 2.71. The monoisotopic (exact) mass is 204 g/mol. The van der Waals surface area contributed by atoms with E-state index in [1.54, 1.807) is 7.11 Å². The quantitative estimate of drug-likeness (QED) is 0.826. The highest BCUT2D eigenvalue weighted by Gasteiger charge is 2.05. The lowest BCUT2D eigenvalue weighted by atomic mass is 10.2. The van der Waals surface area contributed by atoms with Crippen LogP contribution in [0.1, 0.15) is 5.69 Å². The van der Waals surface area contributed by atoms with Gasteiger partial charge in [0.05, 0.1) is 7.11 Å². The second kappa shape index (κ2) is 3.95. The molecule has 2 aromatic rings. The molecule has 3 nitrogen and oxygen atoms in total. The van der Waals surface area contributed by atoms with Crippen LogP contribution in [-0.4, -0.2) is 18.7 Å². The van der Waals surface area contributed by atoms with Crippen molar-refractivity contribution in [1.82, 2.24) is 9.88 Å². The van der Waals surface area contributed by atoms with Gasteiger partial charge in [-0.3, -0.25) is 0 Å². The third kappa shape index (κ3) is 1.70.